The highest BCUT2D eigenvalue weighted by molar-refractivity contribution is 6.00. The number of ether oxygens (including phenoxy) is 1. The first-order valence-corrected chi connectivity index (χ1v) is 9.38. The first kappa shape index (κ1) is 16.6. The quantitative estimate of drug-likeness (QED) is 0.542. The van der Waals surface area contributed by atoms with E-state index < -0.39 is 22.9 Å². The van der Waals surface area contributed by atoms with Gasteiger partial charge in [-0.15, -0.1) is 0 Å². The van der Waals surface area contributed by atoms with Crippen LogP contribution in [0.5, 0.6) is 11.5 Å². The molecular weight excluding hydrogens is 377 g/mol. The average Bonchev–Trinajstić information content (AvgIpc) is 3.10. The Morgan fingerprint density at radius 3 is 2.66 bits per heavy atom. The Morgan fingerprint density at radius 1 is 1.21 bits per heavy atom. The number of nitrogens with two attached hydrogens (primary N) is 1. The molecule has 2 aliphatic heterocycles. The number of carboxylic acids is 1. The minimum absolute atomic E-state index is 0.165. The standard InChI is InChI=1S/C21H16FN3O4/c22-13-8-25-19-15(5-10(20(25)26)21(27)28)29-14-4-2-1-3-9(14)16(19)18(13)24-6-11-12(7-24)17(11)23/h1-5,8,11-12,17H,6-7,23H2,(H,27,28). The van der Waals surface area contributed by atoms with Crippen molar-refractivity contribution >= 4 is 17.2 Å². The van der Waals surface area contributed by atoms with Gasteiger partial charge in [0.05, 0.1) is 11.9 Å². The average molecular weight is 393 g/mol. The molecule has 7 nitrogen and oxygen atoms in total. The predicted octanol–water partition coefficient (Wildman–Crippen LogP) is 2.30. The molecule has 8 heteroatoms. The lowest BCUT2D eigenvalue weighted by molar-refractivity contribution is 0.0694. The van der Waals surface area contributed by atoms with Crippen molar-refractivity contribution in [3.05, 3.63) is 58.3 Å². The van der Waals surface area contributed by atoms with Crippen LogP contribution in [0.25, 0.3) is 16.6 Å². The number of anilines is 1. The van der Waals surface area contributed by atoms with Gasteiger partial charge in [0.25, 0.3) is 5.56 Å². The van der Waals surface area contributed by atoms with Gasteiger partial charge in [-0.3, -0.25) is 9.20 Å². The van der Waals surface area contributed by atoms with Gasteiger partial charge in [0, 0.05) is 36.3 Å². The van der Waals surface area contributed by atoms with Crippen molar-refractivity contribution in [1.29, 1.82) is 0 Å². The van der Waals surface area contributed by atoms with Gasteiger partial charge in [-0.2, -0.15) is 0 Å². The van der Waals surface area contributed by atoms with Crippen molar-refractivity contribution in [2.24, 2.45) is 17.6 Å². The number of rotatable bonds is 2. The molecule has 0 radical (unpaired) electrons. The molecule has 0 amide bonds. The number of halogens is 1. The van der Waals surface area contributed by atoms with Gasteiger partial charge >= 0.3 is 5.97 Å². The first-order valence-electron chi connectivity index (χ1n) is 9.38. The Hall–Kier alpha value is -3.39. The molecule has 1 aromatic carbocycles. The van der Waals surface area contributed by atoms with E-state index in [0.717, 1.165) is 10.6 Å². The van der Waals surface area contributed by atoms with Crippen LogP contribution in [-0.4, -0.2) is 34.6 Å². The molecule has 146 valence electrons. The maximum Gasteiger partial charge on any atom is 0.341 e. The summed E-state index contributed by atoms with van der Waals surface area (Å²) in [7, 11) is 0. The van der Waals surface area contributed by atoms with Crippen LogP contribution in [-0.2, 0) is 0 Å². The zero-order valence-electron chi connectivity index (χ0n) is 15.1. The van der Waals surface area contributed by atoms with Crippen LogP contribution in [0.4, 0.5) is 10.1 Å². The van der Waals surface area contributed by atoms with Gasteiger partial charge in [-0.1, -0.05) is 18.2 Å². The largest absolute Gasteiger partial charge is 0.477 e. The molecule has 4 heterocycles. The molecular formula is C21H16FN3O4. The van der Waals surface area contributed by atoms with Crippen molar-refractivity contribution in [3.8, 4) is 22.6 Å². The van der Waals surface area contributed by atoms with Crippen LogP contribution >= 0.6 is 0 Å². The lowest BCUT2D eigenvalue weighted by Gasteiger charge is -2.29. The minimum atomic E-state index is -1.39. The van der Waals surface area contributed by atoms with Gasteiger partial charge in [0.15, 0.2) is 11.6 Å². The normalized spacial score (nSPS) is 23.5. The number of para-hydroxylation sites is 1. The second kappa shape index (κ2) is 5.36. The third-order valence-corrected chi connectivity index (χ3v) is 6.32. The monoisotopic (exact) mass is 393 g/mol. The van der Waals surface area contributed by atoms with E-state index in [1.54, 1.807) is 12.1 Å². The molecule has 1 saturated carbocycles. The van der Waals surface area contributed by atoms with Gasteiger partial charge in [0.1, 0.15) is 16.8 Å². The highest BCUT2D eigenvalue weighted by Crippen LogP contribution is 2.52. The van der Waals surface area contributed by atoms with Crippen LogP contribution in [0.3, 0.4) is 0 Å². The Bertz CT molecular complexity index is 1290. The van der Waals surface area contributed by atoms with E-state index >= 15 is 4.39 Å². The Balaban J connectivity index is 1.71. The predicted molar refractivity (Wildman–Crippen MR) is 103 cm³/mol. The van der Waals surface area contributed by atoms with Crippen molar-refractivity contribution in [2.75, 3.05) is 18.0 Å². The summed E-state index contributed by atoms with van der Waals surface area (Å²) in [6, 6.07) is 8.55. The maximum absolute atomic E-state index is 15.4. The Morgan fingerprint density at radius 2 is 1.93 bits per heavy atom. The molecule has 3 aliphatic rings. The van der Waals surface area contributed by atoms with Crippen LogP contribution in [0.15, 0.2) is 41.3 Å². The number of fused-ring (bicyclic) bond motifs is 3. The molecule has 2 unspecified atom stereocenters. The molecule has 3 aromatic rings. The number of benzene rings is 1. The fraction of sp³-hybridized carbons (Fsp3) is 0.238. The third kappa shape index (κ3) is 2.09. The second-order valence-electron chi connectivity index (χ2n) is 7.86. The second-order valence-corrected chi connectivity index (χ2v) is 7.86. The van der Waals surface area contributed by atoms with Crippen LogP contribution in [0, 0.1) is 17.7 Å². The van der Waals surface area contributed by atoms with Crippen LogP contribution < -0.4 is 20.9 Å². The number of carbonyl (C=O) groups is 1. The minimum Gasteiger partial charge on any atom is -0.477 e. The summed E-state index contributed by atoms with van der Waals surface area (Å²) < 4.78 is 22.4. The number of carboxylic acid groups (broad SMARTS) is 1. The summed E-state index contributed by atoms with van der Waals surface area (Å²) in [6.07, 6.45) is 1.06. The number of aromatic nitrogens is 1. The molecule has 2 atom stereocenters. The van der Waals surface area contributed by atoms with Gasteiger partial charge in [-0.05, 0) is 17.9 Å². The zero-order chi connectivity index (χ0) is 20.0. The number of hydrogen-bond donors (Lipinski definition) is 2. The SMILES string of the molecule is NC1C2CN(c3c(F)cn4c(=O)c(C(=O)O)cc5c4c3-c3ccccc3O5)CC12. The van der Waals surface area contributed by atoms with E-state index in [1.807, 2.05) is 17.0 Å². The maximum atomic E-state index is 15.4. The fourth-order valence-electron chi connectivity index (χ4n) is 4.81. The topological polar surface area (TPSA) is 97.3 Å². The number of nitrogens with zero attached hydrogens (tertiary/aromatic N) is 2. The molecule has 6 rings (SSSR count). The third-order valence-electron chi connectivity index (χ3n) is 6.32. The lowest BCUT2D eigenvalue weighted by Crippen LogP contribution is -2.31. The van der Waals surface area contributed by atoms with E-state index in [0.29, 0.717) is 53.0 Å². The molecule has 3 N–H and O–H groups in total. The Labute approximate surface area is 163 Å². The molecule has 2 aromatic heterocycles. The smallest absolute Gasteiger partial charge is 0.341 e. The summed E-state index contributed by atoms with van der Waals surface area (Å²) in [5.74, 6) is -0.548. The van der Waals surface area contributed by atoms with E-state index in [4.69, 9.17) is 10.5 Å². The Kier molecular flexibility index (Phi) is 3.06. The van der Waals surface area contributed by atoms with E-state index in [2.05, 4.69) is 0 Å². The van der Waals surface area contributed by atoms with Crippen LogP contribution in [0.1, 0.15) is 10.4 Å². The number of hydrogen-bond acceptors (Lipinski definition) is 5. The number of aromatic carboxylic acids is 1. The summed E-state index contributed by atoms with van der Waals surface area (Å²) in [6.45, 7) is 1.31. The molecule has 29 heavy (non-hydrogen) atoms. The fourth-order valence-corrected chi connectivity index (χ4v) is 4.81. The van der Waals surface area contributed by atoms with Gasteiger partial charge in [0.2, 0.25) is 0 Å². The number of pyridine rings is 2. The van der Waals surface area contributed by atoms with E-state index in [1.165, 1.54) is 6.07 Å². The van der Waals surface area contributed by atoms with Gasteiger partial charge < -0.3 is 20.5 Å². The molecule has 1 aliphatic carbocycles. The van der Waals surface area contributed by atoms with Crippen molar-refractivity contribution in [1.82, 2.24) is 4.40 Å². The molecule has 0 spiro atoms. The summed E-state index contributed by atoms with van der Waals surface area (Å²) in [5, 5.41) is 9.40. The molecule has 2 fully saturated rings. The summed E-state index contributed by atoms with van der Waals surface area (Å²) in [5.41, 5.74) is 6.78. The number of piperidine rings is 1. The summed E-state index contributed by atoms with van der Waals surface area (Å²) in [4.78, 5) is 26.3. The van der Waals surface area contributed by atoms with E-state index in [9.17, 15) is 14.7 Å². The first-order chi connectivity index (χ1) is 14.0. The molecule has 1 saturated heterocycles. The zero-order valence-corrected chi connectivity index (χ0v) is 15.1. The highest BCUT2D eigenvalue weighted by atomic mass is 19.1. The van der Waals surface area contributed by atoms with Crippen molar-refractivity contribution in [3.63, 3.8) is 0 Å². The summed E-state index contributed by atoms with van der Waals surface area (Å²) >= 11 is 0. The van der Waals surface area contributed by atoms with Crippen LogP contribution in [0.2, 0.25) is 0 Å². The van der Waals surface area contributed by atoms with Crippen molar-refractivity contribution in [2.45, 2.75) is 6.04 Å². The molecule has 0 bridgehead atoms. The lowest BCUT2D eigenvalue weighted by atomic mass is 9.97. The highest BCUT2D eigenvalue weighted by Gasteiger charge is 2.54. The van der Waals surface area contributed by atoms with Crippen molar-refractivity contribution < 1.29 is 19.0 Å². The van der Waals surface area contributed by atoms with E-state index in [-0.39, 0.29) is 11.8 Å². The van der Waals surface area contributed by atoms with Gasteiger partial charge in [-0.25, -0.2) is 9.18 Å².